The second-order valence-electron chi connectivity index (χ2n) is 3.25. The van der Waals surface area contributed by atoms with Crippen molar-refractivity contribution in [2.45, 2.75) is 0 Å². The van der Waals surface area contributed by atoms with Crippen LogP contribution in [0.25, 0.3) is 11.1 Å². The largest absolute Gasteiger partial charge is 0.207 e. The van der Waals surface area contributed by atoms with Crippen LogP contribution < -0.4 is 0 Å². The smallest absolute Gasteiger partial charge is 0.131 e. The Balaban J connectivity index is 2.66. The first-order valence-electron chi connectivity index (χ1n) is 4.48. The van der Waals surface area contributed by atoms with Crippen LogP contribution >= 0.6 is 0 Å². The van der Waals surface area contributed by atoms with Gasteiger partial charge in [-0.3, -0.25) is 0 Å². The molecule has 0 aliphatic carbocycles. The molecule has 0 N–H and O–H groups in total. The van der Waals surface area contributed by atoms with Crippen LogP contribution in [0.5, 0.6) is 0 Å². The molecule has 0 spiro atoms. The third kappa shape index (κ3) is 1.91. The topological polar surface area (TPSA) is 0 Å². The van der Waals surface area contributed by atoms with E-state index in [1.165, 1.54) is 0 Å². The van der Waals surface area contributed by atoms with Crippen LogP contribution in [0, 0.1) is 23.3 Å². The van der Waals surface area contributed by atoms with E-state index < -0.39 is 23.3 Å². The Morgan fingerprint density at radius 1 is 0.562 bits per heavy atom. The molecule has 0 saturated heterocycles. The molecule has 0 saturated carbocycles. The van der Waals surface area contributed by atoms with Crippen molar-refractivity contribution in [2.24, 2.45) is 0 Å². The molecule has 2 aromatic carbocycles. The van der Waals surface area contributed by atoms with Crippen molar-refractivity contribution in [1.29, 1.82) is 0 Å². The summed E-state index contributed by atoms with van der Waals surface area (Å²) in [7, 11) is 0. The van der Waals surface area contributed by atoms with E-state index in [2.05, 4.69) is 0 Å². The predicted octanol–water partition coefficient (Wildman–Crippen LogP) is 3.91. The number of rotatable bonds is 1. The average Bonchev–Trinajstić information content (AvgIpc) is 2.25. The van der Waals surface area contributed by atoms with E-state index in [4.69, 9.17) is 0 Å². The molecule has 82 valence electrons. The summed E-state index contributed by atoms with van der Waals surface area (Å²) in [6.07, 6.45) is 0. The van der Waals surface area contributed by atoms with E-state index in [1.54, 1.807) is 0 Å². The van der Waals surface area contributed by atoms with Gasteiger partial charge in [0, 0.05) is 11.1 Å². The first-order valence-corrected chi connectivity index (χ1v) is 4.48. The van der Waals surface area contributed by atoms with Gasteiger partial charge in [-0.1, -0.05) is 0 Å². The Hall–Kier alpha value is -1.84. The molecular weight excluding hydrogens is 220 g/mol. The van der Waals surface area contributed by atoms with Crippen molar-refractivity contribution in [3.05, 3.63) is 59.7 Å². The molecule has 0 aliphatic heterocycles. The van der Waals surface area contributed by atoms with Crippen LogP contribution in [0.4, 0.5) is 17.6 Å². The van der Waals surface area contributed by atoms with Crippen LogP contribution in [-0.4, -0.2) is 0 Å². The van der Waals surface area contributed by atoms with Crippen LogP contribution in [0.15, 0.2) is 36.4 Å². The van der Waals surface area contributed by atoms with Crippen molar-refractivity contribution >= 4 is 0 Å². The molecule has 0 aliphatic rings. The molecular formula is C12H6F4. The monoisotopic (exact) mass is 226 g/mol. The molecule has 0 radical (unpaired) electrons. The third-order valence-electron chi connectivity index (χ3n) is 2.15. The molecule has 0 unspecified atom stereocenters. The van der Waals surface area contributed by atoms with Gasteiger partial charge in [0.15, 0.2) is 0 Å². The second kappa shape index (κ2) is 3.96. The first kappa shape index (κ1) is 10.7. The summed E-state index contributed by atoms with van der Waals surface area (Å²) in [6.45, 7) is 0. The first-order chi connectivity index (χ1) is 7.58. The molecule has 16 heavy (non-hydrogen) atoms. The molecule has 0 nitrogen and oxygen atoms in total. The fourth-order valence-corrected chi connectivity index (χ4v) is 1.41. The molecule has 0 fully saturated rings. The normalized spacial score (nSPS) is 10.5. The molecule has 0 atom stereocenters. The maximum absolute atomic E-state index is 13.3. The van der Waals surface area contributed by atoms with Gasteiger partial charge in [0.1, 0.15) is 23.3 Å². The summed E-state index contributed by atoms with van der Waals surface area (Å²) in [4.78, 5) is 0. The molecule has 4 heteroatoms. The van der Waals surface area contributed by atoms with Crippen LogP contribution in [-0.2, 0) is 0 Å². The van der Waals surface area contributed by atoms with Gasteiger partial charge in [-0.15, -0.1) is 0 Å². The summed E-state index contributed by atoms with van der Waals surface area (Å²) in [5.41, 5.74) is -0.589. The third-order valence-corrected chi connectivity index (χ3v) is 2.15. The zero-order chi connectivity index (χ0) is 11.7. The van der Waals surface area contributed by atoms with Gasteiger partial charge in [-0.05, 0) is 36.4 Å². The Kier molecular flexibility index (Phi) is 2.64. The van der Waals surface area contributed by atoms with E-state index in [1.807, 2.05) is 0 Å². The lowest BCUT2D eigenvalue weighted by Gasteiger charge is -2.05. The lowest BCUT2D eigenvalue weighted by molar-refractivity contribution is 0.590. The van der Waals surface area contributed by atoms with Crippen molar-refractivity contribution < 1.29 is 17.6 Å². The van der Waals surface area contributed by atoms with Gasteiger partial charge < -0.3 is 0 Å². The lowest BCUT2D eigenvalue weighted by atomic mass is 10.0. The van der Waals surface area contributed by atoms with Crippen molar-refractivity contribution in [3.63, 3.8) is 0 Å². The molecule has 0 bridgehead atoms. The van der Waals surface area contributed by atoms with Gasteiger partial charge in [-0.2, -0.15) is 0 Å². The Morgan fingerprint density at radius 3 is 1.31 bits per heavy atom. The molecule has 2 rings (SSSR count). The number of halogens is 4. The maximum Gasteiger partial charge on any atom is 0.131 e. The highest BCUT2D eigenvalue weighted by atomic mass is 19.1. The number of benzene rings is 2. The highest BCUT2D eigenvalue weighted by molar-refractivity contribution is 5.64. The Morgan fingerprint density at radius 2 is 0.938 bits per heavy atom. The van der Waals surface area contributed by atoms with Gasteiger partial charge >= 0.3 is 0 Å². The van der Waals surface area contributed by atoms with Crippen molar-refractivity contribution in [1.82, 2.24) is 0 Å². The second-order valence-corrected chi connectivity index (χ2v) is 3.25. The van der Waals surface area contributed by atoms with Gasteiger partial charge in [0.2, 0.25) is 0 Å². The standard InChI is InChI=1S/C12H6F4/c13-7-1-3-11(15)9(5-7)10-6-8(14)2-4-12(10)16/h1-6H. The zero-order valence-electron chi connectivity index (χ0n) is 7.98. The van der Waals surface area contributed by atoms with E-state index in [0.29, 0.717) is 0 Å². The molecule has 0 aromatic heterocycles. The summed E-state index contributed by atoms with van der Waals surface area (Å²) >= 11 is 0. The average molecular weight is 226 g/mol. The van der Waals surface area contributed by atoms with Crippen molar-refractivity contribution in [3.8, 4) is 11.1 Å². The summed E-state index contributed by atoms with van der Waals surface area (Å²) in [6, 6.07) is 5.22. The minimum atomic E-state index is -0.800. The number of hydrogen-bond acceptors (Lipinski definition) is 0. The van der Waals surface area contributed by atoms with E-state index in [9.17, 15) is 17.6 Å². The van der Waals surface area contributed by atoms with Crippen LogP contribution in [0.1, 0.15) is 0 Å². The summed E-state index contributed by atoms with van der Waals surface area (Å²) in [5, 5.41) is 0. The quantitative estimate of drug-likeness (QED) is 0.646. The minimum absolute atomic E-state index is 0.294. The van der Waals surface area contributed by atoms with Crippen molar-refractivity contribution in [2.75, 3.05) is 0 Å². The summed E-state index contributed by atoms with van der Waals surface area (Å²) in [5.74, 6) is -3.02. The molecule has 0 amide bonds. The summed E-state index contributed by atoms with van der Waals surface area (Å²) < 4.78 is 52.4. The SMILES string of the molecule is Fc1ccc(F)c(-c2cc(F)ccc2F)c1. The number of hydrogen-bond donors (Lipinski definition) is 0. The fourth-order valence-electron chi connectivity index (χ4n) is 1.41. The highest BCUT2D eigenvalue weighted by Gasteiger charge is 2.12. The van der Waals surface area contributed by atoms with Crippen LogP contribution in [0.2, 0.25) is 0 Å². The van der Waals surface area contributed by atoms with Gasteiger partial charge in [-0.25, -0.2) is 17.6 Å². The molecule has 2 aromatic rings. The fraction of sp³-hybridized carbons (Fsp3) is 0. The van der Waals surface area contributed by atoms with Crippen LogP contribution in [0.3, 0.4) is 0 Å². The van der Waals surface area contributed by atoms with E-state index in [0.717, 1.165) is 36.4 Å². The van der Waals surface area contributed by atoms with E-state index >= 15 is 0 Å². The Bertz CT molecular complexity index is 485. The minimum Gasteiger partial charge on any atom is -0.207 e. The predicted molar refractivity (Wildman–Crippen MR) is 51.7 cm³/mol. The highest BCUT2D eigenvalue weighted by Crippen LogP contribution is 2.26. The Labute approximate surface area is 89.2 Å². The van der Waals surface area contributed by atoms with Gasteiger partial charge in [0.25, 0.3) is 0 Å². The van der Waals surface area contributed by atoms with E-state index in [-0.39, 0.29) is 11.1 Å². The lowest BCUT2D eigenvalue weighted by Crippen LogP contribution is -1.91. The zero-order valence-corrected chi connectivity index (χ0v) is 7.98. The molecule has 0 heterocycles. The van der Waals surface area contributed by atoms with Gasteiger partial charge in [0.05, 0.1) is 0 Å². The maximum atomic E-state index is 13.3.